The molecule has 2 nitrogen and oxygen atoms in total. The Hall–Kier alpha value is -1.29. The Labute approximate surface area is 127 Å². The van der Waals surface area contributed by atoms with Crippen molar-refractivity contribution in [2.75, 3.05) is 5.32 Å². The van der Waals surface area contributed by atoms with Crippen LogP contribution in [0.25, 0.3) is 0 Å². The molecular formula is C14H12Cl2N2S. The maximum atomic E-state index is 6.21. The Bertz CT molecular complexity index is 621. The summed E-state index contributed by atoms with van der Waals surface area (Å²) in [5.74, 6) is 0. The third-order valence-corrected chi connectivity index (χ3v) is 3.60. The van der Waals surface area contributed by atoms with E-state index in [4.69, 9.17) is 41.2 Å². The molecule has 0 atom stereocenters. The summed E-state index contributed by atoms with van der Waals surface area (Å²) in [4.78, 5) is 0.322. The van der Waals surface area contributed by atoms with E-state index in [-0.39, 0.29) is 0 Å². The molecule has 0 aliphatic carbocycles. The molecule has 2 rings (SSSR count). The van der Waals surface area contributed by atoms with Crippen LogP contribution in [-0.4, -0.2) is 4.99 Å². The van der Waals surface area contributed by atoms with Gasteiger partial charge < -0.3 is 11.1 Å². The predicted molar refractivity (Wildman–Crippen MR) is 86.8 cm³/mol. The van der Waals surface area contributed by atoms with E-state index in [0.717, 1.165) is 22.5 Å². The minimum absolute atomic E-state index is 0.322. The van der Waals surface area contributed by atoms with Crippen molar-refractivity contribution >= 4 is 51.8 Å². The van der Waals surface area contributed by atoms with Gasteiger partial charge in [-0.25, -0.2) is 0 Å². The van der Waals surface area contributed by atoms with Crippen molar-refractivity contribution in [3.8, 4) is 0 Å². The van der Waals surface area contributed by atoms with E-state index in [1.165, 1.54) is 0 Å². The summed E-state index contributed by atoms with van der Waals surface area (Å²) in [6.45, 7) is 1.98. The highest BCUT2D eigenvalue weighted by molar-refractivity contribution is 7.80. The van der Waals surface area contributed by atoms with Crippen molar-refractivity contribution in [2.24, 2.45) is 5.73 Å². The van der Waals surface area contributed by atoms with Crippen LogP contribution in [0.2, 0.25) is 10.0 Å². The predicted octanol–water partition coefficient (Wildman–Crippen LogP) is 4.68. The second kappa shape index (κ2) is 5.78. The lowest BCUT2D eigenvalue weighted by atomic mass is 10.1. The van der Waals surface area contributed by atoms with Gasteiger partial charge in [-0.15, -0.1) is 0 Å². The van der Waals surface area contributed by atoms with Crippen LogP contribution in [-0.2, 0) is 0 Å². The number of aryl methyl sites for hydroxylation is 1. The quantitative estimate of drug-likeness (QED) is 0.808. The summed E-state index contributed by atoms with van der Waals surface area (Å²) < 4.78 is 0. The van der Waals surface area contributed by atoms with Crippen molar-refractivity contribution in [3.63, 3.8) is 0 Å². The molecule has 0 fully saturated rings. The Morgan fingerprint density at radius 3 is 2.47 bits per heavy atom. The summed E-state index contributed by atoms with van der Waals surface area (Å²) in [5.41, 5.74) is 8.95. The highest BCUT2D eigenvalue weighted by atomic mass is 35.5. The van der Waals surface area contributed by atoms with Crippen LogP contribution in [0.1, 0.15) is 11.1 Å². The summed E-state index contributed by atoms with van der Waals surface area (Å²) in [6, 6.07) is 11.1. The van der Waals surface area contributed by atoms with Crippen LogP contribution in [0.5, 0.6) is 0 Å². The van der Waals surface area contributed by atoms with E-state index in [0.29, 0.717) is 15.0 Å². The van der Waals surface area contributed by atoms with E-state index in [9.17, 15) is 0 Å². The fourth-order valence-electron chi connectivity index (χ4n) is 1.69. The van der Waals surface area contributed by atoms with Crippen molar-refractivity contribution in [1.82, 2.24) is 0 Å². The first-order valence-electron chi connectivity index (χ1n) is 5.60. The Balaban J connectivity index is 2.36. The van der Waals surface area contributed by atoms with Crippen molar-refractivity contribution in [3.05, 3.63) is 57.6 Å². The second-order valence-electron chi connectivity index (χ2n) is 4.12. The summed E-state index contributed by atoms with van der Waals surface area (Å²) >= 11 is 17.3. The topological polar surface area (TPSA) is 38.0 Å². The highest BCUT2D eigenvalue weighted by Gasteiger charge is 2.08. The van der Waals surface area contributed by atoms with E-state index < -0.39 is 0 Å². The van der Waals surface area contributed by atoms with Gasteiger partial charge in [0.25, 0.3) is 0 Å². The van der Waals surface area contributed by atoms with Gasteiger partial charge in [0.05, 0.1) is 21.4 Å². The van der Waals surface area contributed by atoms with Gasteiger partial charge >= 0.3 is 0 Å². The molecule has 0 aliphatic rings. The molecule has 3 N–H and O–H groups in total. The normalized spacial score (nSPS) is 10.3. The van der Waals surface area contributed by atoms with Gasteiger partial charge in [0, 0.05) is 5.56 Å². The SMILES string of the molecule is Cc1cccc(Cl)c1Nc1ccc(C(N)=S)cc1Cl. The smallest absolute Gasteiger partial charge is 0.104 e. The monoisotopic (exact) mass is 310 g/mol. The molecule has 0 aliphatic heterocycles. The van der Waals surface area contributed by atoms with E-state index in [2.05, 4.69) is 5.32 Å². The van der Waals surface area contributed by atoms with Gasteiger partial charge in [-0.2, -0.15) is 0 Å². The molecule has 2 aromatic carbocycles. The minimum Gasteiger partial charge on any atom is -0.389 e. The van der Waals surface area contributed by atoms with Gasteiger partial charge in [0.15, 0.2) is 0 Å². The average Bonchev–Trinajstić information content (AvgIpc) is 2.35. The zero-order chi connectivity index (χ0) is 14.0. The molecule has 0 spiro atoms. The number of halogens is 2. The number of nitrogens with two attached hydrogens (primary N) is 1. The first-order valence-corrected chi connectivity index (χ1v) is 6.77. The standard InChI is InChI=1S/C14H12Cl2N2S/c1-8-3-2-4-10(15)13(8)18-12-6-5-9(14(17)19)7-11(12)16/h2-7,18H,1H3,(H2,17,19). The molecular weight excluding hydrogens is 299 g/mol. The fourth-order valence-corrected chi connectivity index (χ4v) is 2.32. The molecule has 0 saturated heterocycles. The van der Waals surface area contributed by atoms with Gasteiger partial charge in [-0.1, -0.05) is 47.6 Å². The second-order valence-corrected chi connectivity index (χ2v) is 5.37. The molecule has 0 amide bonds. The zero-order valence-corrected chi connectivity index (χ0v) is 12.5. The lowest BCUT2D eigenvalue weighted by Crippen LogP contribution is -2.09. The van der Waals surface area contributed by atoms with Crippen LogP contribution in [0.15, 0.2) is 36.4 Å². The first kappa shape index (κ1) is 14.1. The van der Waals surface area contributed by atoms with E-state index in [1.54, 1.807) is 6.07 Å². The van der Waals surface area contributed by atoms with Crippen LogP contribution in [0.3, 0.4) is 0 Å². The molecule has 0 aromatic heterocycles. The molecule has 0 bridgehead atoms. The molecule has 0 radical (unpaired) electrons. The van der Waals surface area contributed by atoms with E-state index >= 15 is 0 Å². The molecule has 0 heterocycles. The molecule has 19 heavy (non-hydrogen) atoms. The molecule has 0 unspecified atom stereocenters. The molecule has 98 valence electrons. The third-order valence-electron chi connectivity index (χ3n) is 2.74. The van der Waals surface area contributed by atoms with Crippen molar-refractivity contribution in [2.45, 2.75) is 6.92 Å². The maximum Gasteiger partial charge on any atom is 0.104 e. The van der Waals surface area contributed by atoms with Gasteiger partial charge in [-0.05, 0) is 36.8 Å². The average molecular weight is 311 g/mol. The lowest BCUT2D eigenvalue weighted by molar-refractivity contribution is 1.43. The Morgan fingerprint density at radius 1 is 1.16 bits per heavy atom. The number of anilines is 2. The van der Waals surface area contributed by atoms with Crippen molar-refractivity contribution < 1.29 is 0 Å². The number of hydrogen-bond donors (Lipinski definition) is 2. The lowest BCUT2D eigenvalue weighted by Gasteiger charge is -2.13. The summed E-state index contributed by atoms with van der Waals surface area (Å²) in [6.07, 6.45) is 0. The van der Waals surface area contributed by atoms with Crippen molar-refractivity contribution in [1.29, 1.82) is 0 Å². The third kappa shape index (κ3) is 3.18. The number of para-hydroxylation sites is 1. The fraction of sp³-hybridized carbons (Fsp3) is 0.0714. The van der Waals surface area contributed by atoms with Crippen LogP contribution < -0.4 is 11.1 Å². The van der Waals surface area contributed by atoms with Gasteiger partial charge in [0.1, 0.15) is 4.99 Å². The van der Waals surface area contributed by atoms with Crippen LogP contribution in [0.4, 0.5) is 11.4 Å². The van der Waals surface area contributed by atoms with E-state index in [1.807, 2.05) is 37.3 Å². The summed E-state index contributed by atoms with van der Waals surface area (Å²) in [7, 11) is 0. The number of thiocarbonyl (C=S) groups is 1. The Morgan fingerprint density at radius 2 is 1.89 bits per heavy atom. The molecule has 2 aromatic rings. The largest absolute Gasteiger partial charge is 0.389 e. The number of rotatable bonds is 3. The number of benzene rings is 2. The maximum absolute atomic E-state index is 6.21. The first-order chi connectivity index (χ1) is 8.99. The molecule has 5 heteroatoms. The molecule has 0 saturated carbocycles. The Kier molecular flexibility index (Phi) is 4.30. The zero-order valence-electron chi connectivity index (χ0n) is 10.2. The highest BCUT2D eigenvalue weighted by Crippen LogP contribution is 2.32. The minimum atomic E-state index is 0.322. The van der Waals surface area contributed by atoms with Gasteiger partial charge in [0.2, 0.25) is 0 Å². The van der Waals surface area contributed by atoms with Crippen LogP contribution >= 0.6 is 35.4 Å². The number of hydrogen-bond acceptors (Lipinski definition) is 2. The summed E-state index contributed by atoms with van der Waals surface area (Å²) in [5, 5.41) is 4.42. The number of nitrogens with one attached hydrogen (secondary N) is 1. The van der Waals surface area contributed by atoms with Gasteiger partial charge in [-0.3, -0.25) is 0 Å². The van der Waals surface area contributed by atoms with Crippen LogP contribution in [0, 0.1) is 6.92 Å².